The molecule has 1 aromatic carbocycles. The van der Waals surface area contributed by atoms with Crippen LogP contribution in [-0.4, -0.2) is 26.8 Å². The minimum Gasteiger partial charge on any atom is -0.480 e. The summed E-state index contributed by atoms with van der Waals surface area (Å²) in [5.41, 5.74) is 0.958. The number of ether oxygens (including phenoxy) is 1. The van der Waals surface area contributed by atoms with Gasteiger partial charge in [0.05, 0.1) is 6.54 Å². The van der Waals surface area contributed by atoms with E-state index in [1.165, 1.54) is 0 Å². The zero-order valence-electron chi connectivity index (χ0n) is 11.5. The maximum atomic E-state index is 12.2. The molecule has 21 heavy (non-hydrogen) atoms. The average molecular weight is 307 g/mol. The zero-order valence-corrected chi connectivity index (χ0v) is 12.3. The van der Waals surface area contributed by atoms with E-state index in [-0.39, 0.29) is 5.91 Å². The Morgan fingerprint density at radius 1 is 1.57 bits per heavy atom. The van der Waals surface area contributed by atoms with E-state index < -0.39 is 6.10 Å². The van der Waals surface area contributed by atoms with E-state index in [1.54, 1.807) is 18.5 Å². The van der Waals surface area contributed by atoms with Crippen LogP contribution in [0.4, 0.5) is 0 Å². The minimum atomic E-state index is -0.517. The summed E-state index contributed by atoms with van der Waals surface area (Å²) in [6.45, 7) is 3.10. The van der Waals surface area contributed by atoms with Gasteiger partial charge in [-0.3, -0.25) is 4.79 Å². The molecule has 0 saturated heterocycles. The third-order valence-electron chi connectivity index (χ3n) is 3.45. The fraction of sp³-hybridized carbons (Fsp3) is 0.357. The summed E-state index contributed by atoms with van der Waals surface area (Å²) in [6, 6.07) is 5.38. The Morgan fingerprint density at radius 3 is 3.24 bits per heavy atom. The third kappa shape index (κ3) is 2.85. The van der Waals surface area contributed by atoms with Crippen molar-refractivity contribution in [3.63, 3.8) is 0 Å². The van der Waals surface area contributed by atoms with Gasteiger partial charge in [-0.2, -0.15) is 0 Å². The van der Waals surface area contributed by atoms with E-state index in [2.05, 4.69) is 15.5 Å². The number of carbonyl (C=O) groups is 1. The standard InChI is InChI=1S/C14H15ClN4O2/c1-2-19-8-17-18-13(19)7-16-14(20)12-6-9-5-10(15)3-4-11(9)21-12/h3-5,8,12H,2,6-7H2,1H3,(H,16,20)/t12-/m0/s1. The molecule has 1 N–H and O–H groups in total. The maximum absolute atomic E-state index is 12.2. The van der Waals surface area contributed by atoms with Crippen molar-refractivity contribution in [3.8, 4) is 5.75 Å². The molecule has 1 aliphatic heterocycles. The predicted octanol–water partition coefficient (Wildman–Crippen LogP) is 1.57. The SMILES string of the molecule is CCn1cnnc1CNC(=O)[C@@H]1Cc2cc(Cl)ccc2O1. The van der Waals surface area contributed by atoms with Crippen LogP contribution in [0.15, 0.2) is 24.5 Å². The molecule has 2 aromatic rings. The molecule has 6 nitrogen and oxygen atoms in total. The van der Waals surface area contributed by atoms with Gasteiger partial charge in [-0.15, -0.1) is 10.2 Å². The molecule has 110 valence electrons. The normalized spacial score (nSPS) is 16.4. The molecule has 0 spiro atoms. The number of hydrogen-bond donors (Lipinski definition) is 1. The number of halogens is 1. The van der Waals surface area contributed by atoms with Crippen LogP contribution in [0.25, 0.3) is 0 Å². The number of amides is 1. The lowest BCUT2D eigenvalue weighted by Gasteiger charge is -2.11. The Hall–Kier alpha value is -2.08. The first-order chi connectivity index (χ1) is 10.2. The summed E-state index contributed by atoms with van der Waals surface area (Å²) in [7, 11) is 0. The fourth-order valence-electron chi connectivity index (χ4n) is 2.32. The smallest absolute Gasteiger partial charge is 0.261 e. The topological polar surface area (TPSA) is 69.0 Å². The number of nitrogens with one attached hydrogen (secondary N) is 1. The van der Waals surface area contributed by atoms with Gasteiger partial charge in [0, 0.05) is 18.0 Å². The van der Waals surface area contributed by atoms with Crippen molar-refractivity contribution in [3.05, 3.63) is 40.9 Å². The van der Waals surface area contributed by atoms with Crippen LogP contribution >= 0.6 is 11.6 Å². The number of aromatic nitrogens is 3. The van der Waals surface area contributed by atoms with Gasteiger partial charge in [-0.25, -0.2) is 0 Å². The highest BCUT2D eigenvalue weighted by Gasteiger charge is 2.29. The summed E-state index contributed by atoms with van der Waals surface area (Å²) in [6.07, 6.45) is 1.66. The van der Waals surface area contributed by atoms with Crippen LogP contribution in [0, 0.1) is 0 Å². The highest BCUT2D eigenvalue weighted by atomic mass is 35.5. The second-order valence-corrected chi connectivity index (χ2v) is 5.25. The second kappa shape index (κ2) is 5.73. The Bertz CT molecular complexity index is 671. The minimum absolute atomic E-state index is 0.159. The van der Waals surface area contributed by atoms with Crippen LogP contribution in [0.3, 0.4) is 0 Å². The number of benzene rings is 1. The van der Waals surface area contributed by atoms with Gasteiger partial charge in [0.1, 0.15) is 12.1 Å². The molecule has 1 aromatic heterocycles. The molecule has 3 rings (SSSR count). The molecule has 0 fully saturated rings. The van der Waals surface area contributed by atoms with E-state index >= 15 is 0 Å². The summed E-state index contributed by atoms with van der Waals surface area (Å²) >= 11 is 5.94. The molecule has 2 heterocycles. The molecule has 0 radical (unpaired) electrons. The molecule has 0 unspecified atom stereocenters. The molecule has 1 amide bonds. The first-order valence-electron chi connectivity index (χ1n) is 6.77. The molecular formula is C14H15ClN4O2. The van der Waals surface area contributed by atoms with E-state index in [4.69, 9.17) is 16.3 Å². The van der Waals surface area contributed by atoms with Crippen molar-refractivity contribution in [2.75, 3.05) is 0 Å². The van der Waals surface area contributed by atoms with Crippen LogP contribution in [0.1, 0.15) is 18.3 Å². The molecule has 0 saturated carbocycles. The quantitative estimate of drug-likeness (QED) is 0.931. The van der Waals surface area contributed by atoms with Crippen LogP contribution in [0.5, 0.6) is 5.75 Å². The van der Waals surface area contributed by atoms with Crippen molar-refractivity contribution >= 4 is 17.5 Å². The predicted molar refractivity (Wildman–Crippen MR) is 77.1 cm³/mol. The Kier molecular flexibility index (Phi) is 3.79. The number of nitrogens with zero attached hydrogens (tertiary/aromatic N) is 3. The first-order valence-corrected chi connectivity index (χ1v) is 7.14. The average Bonchev–Trinajstić information content (AvgIpc) is 3.10. The lowest BCUT2D eigenvalue weighted by Crippen LogP contribution is -2.37. The van der Waals surface area contributed by atoms with Gasteiger partial charge in [0.15, 0.2) is 11.9 Å². The Labute approximate surface area is 127 Å². The van der Waals surface area contributed by atoms with Crippen molar-refractivity contribution in [2.45, 2.75) is 32.5 Å². The molecule has 1 aliphatic rings. The zero-order chi connectivity index (χ0) is 14.8. The third-order valence-corrected chi connectivity index (χ3v) is 3.68. The Balaban J connectivity index is 1.60. The molecule has 7 heteroatoms. The number of hydrogen-bond acceptors (Lipinski definition) is 4. The summed E-state index contributed by atoms with van der Waals surface area (Å²) in [4.78, 5) is 12.2. The van der Waals surface area contributed by atoms with Gasteiger partial charge in [0.25, 0.3) is 5.91 Å². The van der Waals surface area contributed by atoms with Crippen molar-refractivity contribution in [1.82, 2.24) is 20.1 Å². The fourth-order valence-corrected chi connectivity index (χ4v) is 2.52. The maximum Gasteiger partial charge on any atom is 0.261 e. The van der Waals surface area contributed by atoms with Gasteiger partial charge in [0.2, 0.25) is 0 Å². The summed E-state index contributed by atoms with van der Waals surface area (Å²) in [5.74, 6) is 1.29. The van der Waals surface area contributed by atoms with Crippen molar-refractivity contribution < 1.29 is 9.53 Å². The van der Waals surface area contributed by atoms with Crippen LogP contribution < -0.4 is 10.1 Å². The largest absolute Gasteiger partial charge is 0.480 e. The van der Waals surface area contributed by atoms with Gasteiger partial charge in [-0.1, -0.05) is 11.6 Å². The summed E-state index contributed by atoms with van der Waals surface area (Å²) < 4.78 is 7.52. The van der Waals surface area contributed by atoms with Crippen LogP contribution in [0.2, 0.25) is 5.02 Å². The number of carbonyl (C=O) groups excluding carboxylic acids is 1. The van der Waals surface area contributed by atoms with Gasteiger partial charge < -0.3 is 14.6 Å². The second-order valence-electron chi connectivity index (χ2n) is 4.81. The molecule has 1 atom stereocenters. The van der Waals surface area contributed by atoms with Crippen molar-refractivity contribution in [2.24, 2.45) is 0 Å². The lowest BCUT2D eigenvalue weighted by molar-refractivity contribution is -0.127. The molecular weight excluding hydrogens is 292 g/mol. The molecule has 0 aliphatic carbocycles. The summed E-state index contributed by atoms with van der Waals surface area (Å²) in [5, 5.41) is 11.3. The molecule has 0 bridgehead atoms. The van der Waals surface area contributed by atoms with Crippen LogP contribution in [-0.2, 0) is 24.3 Å². The lowest BCUT2D eigenvalue weighted by atomic mass is 10.1. The van der Waals surface area contributed by atoms with E-state index in [1.807, 2.05) is 17.6 Å². The first kappa shape index (κ1) is 13.9. The van der Waals surface area contributed by atoms with Gasteiger partial charge >= 0.3 is 0 Å². The van der Waals surface area contributed by atoms with E-state index in [0.29, 0.717) is 18.0 Å². The monoisotopic (exact) mass is 306 g/mol. The highest BCUT2D eigenvalue weighted by molar-refractivity contribution is 6.30. The number of aryl methyl sites for hydroxylation is 1. The Morgan fingerprint density at radius 2 is 2.43 bits per heavy atom. The van der Waals surface area contributed by atoms with Gasteiger partial charge in [-0.05, 0) is 30.7 Å². The highest BCUT2D eigenvalue weighted by Crippen LogP contribution is 2.31. The number of rotatable bonds is 4. The van der Waals surface area contributed by atoms with E-state index in [0.717, 1.165) is 23.7 Å². The number of fused-ring (bicyclic) bond motifs is 1. The van der Waals surface area contributed by atoms with Crippen molar-refractivity contribution in [1.29, 1.82) is 0 Å². The van der Waals surface area contributed by atoms with E-state index in [9.17, 15) is 4.79 Å².